The molecule has 17 heavy (non-hydrogen) atoms. The summed E-state index contributed by atoms with van der Waals surface area (Å²) in [5, 5.41) is 7.90. The minimum atomic E-state index is -0.122. The van der Waals surface area contributed by atoms with E-state index in [-0.39, 0.29) is 5.71 Å². The largest absolute Gasteiger partial charge is 0.296 e. The molecule has 92 valence electrons. The van der Waals surface area contributed by atoms with Gasteiger partial charge in [-0.05, 0) is 6.42 Å². The monoisotopic (exact) mass is 237 g/mol. The maximum atomic E-state index is 10.3. The Morgan fingerprint density at radius 3 is 2.88 bits per heavy atom. The van der Waals surface area contributed by atoms with Crippen LogP contribution >= 0.6 is 0 Å². The standard InChI is InChI=1S/C11H16N4O2/c1-2-3-4-5-15-7-10(6-12-15)13-14-11(8-16)9-17/h6-9,13H,2-5H2,1H3/p+1. The molecule has 0 aliphatic carbocycles. The van der Waals surface area contributed by atoms with E-state index in [0.29, 0.717) is 12.6 Å². The lowest BCUT2D eigenvalue weighted by atomic mass is 10.2. The molecule has 1 aromatic heterocycles. The number of carbonyl (C=O) groups is 2. The highest BCUT2D eigenvalue weighted by Gasteiger charge is 2.02. The van der Waals surface area contributed by atoms with Crippen molar-refractivity contribution >= 4 is 24.0 Å². The minimum Gasteiger partial charge on any atom is -0.296 e. The van der Waals surface area contributed by atoms with Crippen LogP contribution in [0.3, 0.4) is 0 Å². The number of nitrogens with zero attached hydrogens (tertiary/aromatic N) is 3. The molecule has 0 saturated heterocycles. The van der Waals surface area contributed by atoms with Crippen molar-refractivity contribution in [3.63, 3.8) is 0 Å². The molecular formula is C11H17N4O2+. The molecule has 1 rings (SSSR count). The second-order valence-electron chi connectivity index (χ2n) is 3.66. The van der Waals surface area contributed by atoms with Crippen LogP contribution in [0.1, 0.15) is 26.2 Å². The Labute approximate surface area is 99.7 Å². The molecule has 0 saturated carbocycles. The normalized spacial score (nSPS) is 9.94. The number of quaternary nitrogens is 1. The summed E-state index contributed by atoms with van der Waals surface area (Å²) < 4.78 is 1.83. The summed E-state index contributed by atoms with van der Waals surface area (Å²) in [6, 6.07) is 0. The van der Waals surface area contributed by atoms with E-state index in [1.54, 1.807) is 6.20 Å². The van der Waals surface area contributed by atoms with E-state index < -0.39 is 0 Å². The van der Waals surface area contributed by atoms with Gasteiger partial charge in [-0.15, -0.1) is 0 Å². The second-order valence-corrected chi connectivity index (χ2v) is 3.66. The Hall–Kier alpha value is -1.82. The van der Waals surface area contributed by atoms with Crippen molar-refractivity contribution in [1.82, 2.24) is 9.78 Å². The zero-order chi connectivity index (χ0) is 12.5. The average Bonchev–Trinajstić information content (AvgIpc) is 2.79. The van der Waals surface area contributed by atoms with E-state index in [4.69, 9.17) is 0 Å². The molecule has 0 fully saturated rings. The van der Waals surface area contributed by atoms with Gasteiger partial charge in [-0.1, -0.05) is 24.9 Å². The van der Waals surface area contributed by atoms with Crippen LogP contribution in [0, 0.1) is 0 Å². The van der Waals surface area contributed by atoms with Gasteiger partial charge in [-0.25, -0.2) is 0 Å². The van der Waals surface area contributed by atoms with Gasteiger partial charge in [0.2, 0.25) is 0 Å². The Bertz CT molecular complexity index is 388. The highest BCUT2D eigenvalue weighted by atomic mass is 16.1. The summed E-state index contributed by atoms with van der Waals surface area (Å²) in [6.45, 7) is 3.02. The molecule has 0 radical (unpaired) electrons. The highest BCUT2D eigenvalue weighted by molar-refractivity contribution is 6.52. The van der Waals surface area contributed by atoms with E-state index in [1.165, 1.54) is 18.3 Å². The lowest BCUT2D eigenvalue weighted by Gasteiger charge is -1.97. The second kappa shape index (κ2) is 7.45. The first-order valence-electron chi connectivity index (χ1n) is 5.64. The topological polar surface area (TPSA) is 80.9 Å². The molecule has 6 heteroatoms. The van der Waals surface area contributed by atoms with Crippen molar-refractivity contribution in [3.8, 4) is 0 Å². The fourth-order valence-corrected chi connectivity index (χ4v) is 1.33. The molecular weight excluding hydrogens is 220 g/mol. The molecule has 2 N–H and O–H groups in total. The fourth-order valence-electron chi connectivity index (χ4n) is 1.33. The van der Waals surface area contributed by atoms with Crippen LogP contribution in [-0.2, 0) is 16.1 Å². The van der Waals surface area contributed by atoms with Crippen molar-refractivity contribution in [3.05, 3.63) is 12.4 Å². The van der Waals surface area contributed by atoms with Crippen LogP contribution in [0.4, 0.5) is 5.69 Å². The molecule has 0 atom stereocenters. The number of hydrogen-bond acceptors (Lipinski definition) is 4. The van der Waals surface area contributed by atoms with Crippen molar-refractivity contribution in [2.75, 3.05) is 0 Å². The Morgan fingerprint density at radius 1 is 1.47 bits per heavy atom. The van der Waals surface area contributed by atoms with E-state index in [9.17, 15) is 9.59 Å². The Morgan fingerprint density at radius 2 is 2.24 bits per heavy atom. The molecule has 0 spiro atoms. The molecule has 0 unspecified atom stereocenters. The zero-order valence-corrected chi connectivity index (χ0v) is 9.87. The summed E-state index contributed by atoms with van der Waals surface area (Å²) >= 11 is 0. The van der Waals surface area contributed by atoms with Crippen LogP contribution in [0.2, 0.25) is 0 Å². The molecule has 0 aromatic carbocycles. The average molecular weight is 237 g/mol. The molecule has 0 bridgehead atoms. The van der Waals surface area contributed by atoms with Gasteiger partial charge < -0.3 is 0 Å². The zero-order valence-electron chi connectivity index (χ0n) is 9.87. The third kappa shape index (κ3) is 4.69. The molecule has 0 aliphatic heterocycles. The number of unbranched alkanes of at least 4 members (excludes halogenated alkanes) is 2. The lowest BCUT2D eigenvalue weighted by molar-refractivity contribution is -0.577. The van der Waals surface area contributed by atoms with Crippen LogP contribution in [0.5, 0.6) is 0 Å². The maximum Gasteiger partial charge on any atom is 0.198 e. The number of hydrogen-bond donors (Lipinski definition) is 1. The fraction of sp³-hybridized carbons (Fsp3) is 0.455. The van der Waals surface area contributed by atoms with Gasteiger partial charge >= 0.3 is 0 Å². The molecule has 1 aromatic rings. The summed E-state index contributed by atoms with van der Waals surface area (Å²) in [6.07, 6.45) is 7.79. The van der Waals surface area contributed by atoms with Gasteiger partial charge in [-0.2, -0.15) is 10.5 Å². The third-order valence-electron chi connectivity index (χ3n) is 2.25. The summed E-state index contributed by atoms with van der Waals surface area (Å²) in [4.78, 5) is 20.7. The Kier molecular flexibility index (Phi) is 5.81. The molecule has 1 heterocycles. The van der Waals surface area contributed by atoms with Crippen molar-refractivity contribution < 1.29 is 15.0 Å². The first-order chi connectivity index (χ1) is 8.30. The van der Waals surface area contributed by atoms with Crippen molar-refractivity contribution in [2.45, 2.75) is 32.7 Å². The van der Waals surface area contributed by atoms with E-state index >= 15 is 0 Å². The van der Waals surface area contributed by atoms with Crippen LogP contribution in [0.25, 0.3) is 0 Å². The predicted molar refractivity (Wildman–Crippen MR) is 62.9 cm³/mol. The van der Waals surface area contributed by atoms with Crippen molar-refractivity contribution in [2.24, 2.45) is 5.10 Å². The number of aryl methyl sites for hydroxylation is 1. The van der Waals surface area contributed by atoms with Gasteiger partial charge in [0.15, 0.2) is 24.0 Å². The van der Waals surface area contributed by atoms with E-state index in [2.05, 4.69) is 17.1 Å². The maximum absolute atomic E-state index is 10.3. The van der Waals surface area contributed by atoms with Gasteiger partial charge in [0, 0.05) is 6.54 Å². The lowest BCUT2D eigenvalue weighted by Crippen LogP contribution is -2.71. The number of nitrogens with two attached hydrogens (primary N) is 1. The molecule has 0 amide bonds. The minimum absolute atomic E-state index is 0.122. The van der Waals surface area contributed by atoms with Crippen LogP contribution in [0.15, 0.2) is 17.5 Å². The Balaban J connectivity index is 2.47. The number of aldehydes is 2. The number of aromatic nitrogens is 2. The first-order valence-corrected chi connectivity index (χ1v) is 5.64. The van der Waals surface area contributed by atoms with Gasteiger partial charge in [0.1, 0.15) is 6.20 Å². The van der Waals surface area contributed by atoms with E-state index in [1.807, 2.05) is 10.9 Å². The first kappa shape index (κ1) is 13.2. The molecule has 6 nitrogen and oxygen atoms in total. The van der Waals surface area contributed by atoms with Gasteiger partial charge in [0.05, 0.1) is 6.20 Å². The SMILES string of the molecule is CCCCCn1cc([NH2+]N=C(C=O)C=O)cn1. The predicted octanol–water partition coefficient (Wildman–Crippen LogP) is 0.0220. The van der Waals surface area contributed by atoms with Crippen LogP contribution in [-0.4, -0.2) is 28.1 Å². The smallest absolute Gasteiger partial charge is 0.198 e. The summed E-state index contributed by atoms with van der Waals surface area (Å²) in [5.74, 6) is 0. The number of rotatable bonds is 8. The van der Waals surface area contributed by atoms with Crippen molar-refractivity contribution in [1.29, 1.82) is 0 Å². The highest BCUT2D eigenvalue weighted by Crippen LogP contribution is 2.01. The van der Waals surface area contributed by atoms with Crippen LogP contribution < -0.4 is 5.43 Å². The van der Waals surface area contributed by atoms with Gasteiger partial charge in [-0.3, -0.25) is 14.3 Å². The summed E-state index contributed by atoms with van der Waals surface area (Å²) in [5.41, 5.74) is 2.12. The van der Waals surface area contributed by atoms with Gasteiger partial charge in [0.25, 0.3) is 0 Å². The van der Waals surface area contributed by atoms with E-state index in [0.717, 1.165) is 18.7 Å². The third-order valence-corrected chi connectivity index (χ3v) is 2.25. The summed E-state index contributed by atoms with van der Waals surface area (Å²) in [7, 11) is 0. The molecule has 0 aliphatic rings. The number of carbonyl (C=O) groups excluding carboxylic acids is 2. The quantitative estimate of drug-likeness (QED) is 0.173.